The van der Waals surface area contributed by atoms with E-state index in [0.29, 0.717) is 0 Å². The molecule has 0 aromatic heterocycles. The Kier molecular flexibility index (Phi) is 5.55. The van der Waals surface area contributed by atoms with Gasteiger partial charge in [-0.15, -0.1) is 6.58 Å². The molecule has 72 valence electrons. The van der Waals surface area contributed by atoms with Crippen LogP contribution in [-0.4, -0.2) is 30.1 Å². The molecule has 0 saturated carbocycles. The summed E-state index contributed by atoms with van der Waals surface area (Å²) in [5.41, 5.74) is 0.0513. The number of rotatable bonds is 6. The summed E-state index contributed by atoms with van der Waals surface area (Å²) in [6.45, 7) is 9.70. The van der Waals surface area contributed by atoms with Crippen LogP contribution in [0.2, 0.25) is 0 Å². The Morgan fingerprint density at radius 3 is 2.58 bits per heavy atom. The van der Waals surface area contributed by atoms with Crippen LogP contribution in [0.1, 0.15) is 20.3 Å². The summed E-state index contributed by atoms with van der Waals surface area (Å²) < 4.78 is 1.72. The largest absolute Gasteiger partial charge is 0.313 e. The van der Waals surface area contributed by atoms with Crippen molar-refractivity contribution in [2.45, 2.75) is 25.8 Å². The lowest BCUT2D eigenvalue weighted by molar-refractivity contribution is 0.257. The van der Waals surface area contributed by atoms with Crippen molar-refractivity contribution >= 4 is 11.8 Å². The van der Waals surface area contributed by atoms with Gasteiger partial charge in [0.25, 0.3) is 0 Å². The van der Waals surface area contributed by atoms with Gasteiger partial charge >= 0.3 is 0 Å². The first kappa shape index (κ1) is 11.9. The van der Waals surface area contributed by atoms with Crippen molar-refractivity contribution in [3.63, 3.8) is 0 Å². The van der Waals surface area contributed by atoms with Crippen molar-refractivity contribution in [2.24, 2.45) is 0 Å². The predicted octanol–water partition coefficient (Wildman–Crippen LogP) is 2.02. The zero-order valence-corrected chi connectivity index (χ0v) is 8.99. The van der Waals surface area contributed by atoms with E-state index in [-0.39, 0.29) is 5.54 Å². The van der Waals surface area contributed by atoms with Gasteiger partial charge < -0.3 is 5.32 Å². The maximum atomic E-state index is 5.87. The van der Waals surface area contributed by atoms with Crippen molar-refractivity contribution in [3.05, 3.63) is 12.7 Å². The van der Waals surface area contributed by atoms with Crippen molar-refractivity contribution in [2.75, 3.05) is 20.1 Å². The molecule has 2 nitrogen and oxygen atoms in total. The van der Waals surface area contributed by atoms with Crippen LogP contribution in [0.5, 0.6) is 0 Å². The van der Waals surface area contributed by atoms with Crippen molar-refractivity contribution in [3.8, 4) is 0 Å². The molecule has 0 atom stereocenters. The van der Waals surface area contributed by atoms with Gasteiger partial charge in [0.1, 0.15) is 0 Å². The monoisotopic (exact) mass is 190 g/mol. The van der Waals surface area contributed by atoms with E-state index in [1.807, 2.05) is 13.1 Å². The van der Waals surface area contributed by atoms with Crippen LogP contribution < -0.4 is 5.32 Å². The molecular weight excluding hydrogens is 172 g/mol. The lowest BCUT2D eigenvalue weighted by atomic mass is 10.0. The average molecular weight is 191 g/mol. The topological polar surface area (TPSA) is 15.3 Å². The Morgan fingerprint density at radius 2 is 2.17 bits per heavy atom. The molecule has 3 heteroatoms. The summed E-state index contributed by atoms with van der Waals surface area (Å²) in [6, 6.07) is 0. The molecule has 0 fully saturated rings. The summed E-state index contributed by atoms with van der Waals surface area (Å²) in [6.07, 6.45) is 2.89. The molecule has 0 amide bonds. The van der Waals surface area contributed by atoms with Gasteiger partial charge in [-0.3, -0.25) is 0 Å². The molecule has 0 bridgehead atoms. The molecule has 0 aliphatic heterocycles. The van der Waals surface area contributed by atoms with E-state index in [0.717, 1.165) is 19.5 Å². The van der Waals surface area contributed by atoms with Gasteiger partial charge in [-0.05, 0) is 38.6 Å². The molecule has 0 heterocycles. The van der Waals surface area contributed by atoms with Crippen molar-refractivity contribution in [1.82, 2.24) is 9.74 Å². The Morgan fingerprint density at radius 1 is 1.58 bits per heavy atom. The molecule has 0 aromatic rings. The van der Waals surface area contributed by atoms with Gasteiger partial charge in [0.15, 0.2) is 0 Å². The fraction of sp³-hybridized carbons (Fsp3) is 0.778. The number of hydrogen-bond donors (Lipinski definition) is 1. The molecule has 0 aliphatic carbocycles. The van der Waals surface area contributed by atoms with Gasteiger partial charge in [0.05, 0.1) is 0 Å². The summed E-state index contributed by atoms with van der Waals surface area (Å²) in [4.78, 5) is 0. The zero-order valence-electron chi connectivity index (χ0n) is 8.23. The quantitative estimate of drug-likeness (QED) is 0.392. The minimum absolute atomic E-state index is 0.0513. The molecule has 0 spiro atoms. The van der Waals surface area contributed by atoms with Gasteiger partial charge in [-0.25, -0.2) is 4.42 Å². The van der Waals surface area contributed by atoms with E-state index in [1.165, 1.54) is 0 Å². The van der Waals surface area contributed by atoms with Crippen molar-refractivity contribution in [1.29, 1.82) is 0 Å². The maximum absolute atomic E-state index is 5.87. The fourth-order valence-electron chi connectivity index (χ4n) is 0.752. The SMILES string of the molecule is C=CCNCCC(C)(C)N(C)Cl. The van der Waals surface area contributed by atoms with Gasteiger partial charge in [-0.1, -0.05) is 6.08 Å². The van der Waals surface area contributed by atoms with E-state index in [9.17, 15) is 0 Å². The third kappa shape index (κ3) is 4.75. The minimum atomic E-state index is 0.0513. The molecule has 0 aromatic carbocycles. The van der Waals surface area contributed by atoms with E-state index >= 15 is 0 Å². The van der Waals surface area contributed by atoms with Gasteiger partial charge in [0.2, 0.25) is 0 Å². The number of nitrogens with one attached hydrogen (secondary N) is 1. The molecule has 0 aliphatic rings. The highest BCUT2D eigenvalue weighted by Gasteiger charge is 2.20. The number of halogens is 1. The molecule has 0 rings (SSSR count). The molecule has 0 saturated heterocycles. The third-order valence-electron chi connectivity index (χ3n) is 2.04. The highest BCUT2D eigenvalue weighted by molar-refractivity contribution is 6.13. The van der Waals surface area contributed by atoms with E-state index < -0.39 is 0 Å². The Bertz CT molecular complexity index is 132. The second-order valence-corrected chi connectivity index (χ2v) is 4.04. The third-order valence-corrected chi connectivity index (χ3v) is 2.49. The van der Waals surface area contributed by atoms with E-state index in [4.69, 9.17) is 11.8 Å². The second-order valence-electron chi connectivity index (χ2n) is 3.53. The summed E-state index contributed by atoms with van der Waals surface area (Å²) in [5, 5.41) is 3.24. The number of nitrogens with zero attached hydrogens (tertiary/aromatic N) is 1. The predicted molar refractivity (Wildman–Crippen MR) is 55.4 cm³/mol. The number of hydrogen-bond acceptors (Lipinski definition) is 2. The lowest BCUT2D eigenvalue weighted by Gasteiger charge is -2.29. The van der Waals surface area contributed by atoms with Gasteiger partial charge in [0, 0.05) is 19.1 Å². The first-order chi connectivity index (χ1) is 5.50. The van der Waals surface area contributed by atoms with Gasteiger partial charge in [-0.2, -0.15) is 0 Å². The van der Waals surface area contributed by atoms with Crippen LogP contribution >= 0.6 is 11.8 Å². The Balaban J connectivity index is 3.54. The molecule has 12 heavy (non-hydrogen) atoms. The molecule has 1 N–H and O–H groups in total. The van der Waals surface area contributed by atoms with Crippen LogP contribution in [0.25, 0.3) is 0 Å². The molecule has 0 unspecified atom stereocenters. The molecule has 0 radical (unpaired) electrons. The van der Waals surface area contributed by atoms with Crippen LogP contribution in [0.3, 0.4) is 0 Å². The second kappa shape index (κ2) is 5.57. The summed E-state index contributed by atoms with van der Waals surface area (Å²) >= 11 is 5.87. The average Bonchev–Trinajstić information content (AvgIpc) is 1.98. The highest BCUT2D eigenvalue weighted by atomic mass is 35.5. The highest BCUT2D eigenvalue weighted by Crippen LogP contribution is 2.17. The Hall–Kier alpha value is -0.0500. The van der Waals surface area contributed by atoms with E-state index in [1.54, 1.807) is 4.42 Å². The molecular formula is C9H19ClN2. The van der Waals surface area contributed by atoms with Crippen LogP contribution in [-0.2, 0) is 0 Å². The van der Waals surface area contributed by atoms with Crippen LogP contribution in [0.4, 0.5) is 0 Å². The lowest BCUT2D eigenvalue weighted by Crippen LogP contribution is -2.37. The minimum Gasteiger partial charge on any atom is -0.313 e. The standard InChI is InChI=1S/C9H19ClN2/c1-5-7-11-8-6-9(2,3)12(4)10/h5,11H,1,6-8H2,2-4H3. The van der Waals surface area contributed by atoms with E-state index in [2.05, 4.69) is 25.7 Å². The first-order valence-electron chi connectivity index (χ1n) is 4.22. The smallest absolute Gasteiger partial charge is 0.0315 e. The zero-order chi connectivity index (χ0) is 9.61. The fourth-order valence-corrected chi connectivity index (χ4v) is 0.837. The normalized spacial score (nSPS) is 12.1. The first-order valence-corrected chi connectivity index (χ1v) is 4.56. The van der Waals surface area contributed by atoms with Crippen LogP contribution in [0, 0.1) is 0 Å². The van der Waals surface area contributed by atoms with Crippen LogP contribution in [0.15, 0.2) is 12.7 Å². The maximum Gasteiger partial charge on any atom is 0.0315 e. The summed E-state index contributed by atoms with van der Waals surface area (Å²) in [5.74, 6) is 0. The Labute approximate surface area is 80.7 Å². The van der Waals surface area contributed by atoms with Crippen molar-refractivity contribution < 1.29 is 0 Å². The summed E-state index contributed by atoms with van der Waals surface area (Å²) in [7, 11) is 1.88.